The SMILES string of the molecule is O=P(O)(O)O.O=P(O)(O)O.O=P(O)(O)O.O=P(O)(O)O.O=[Si](O)O.O=[Si](O)O.O=[Si](O)O.S.S.[AlH3].[AlH3].[AlH3].[Co].[H-].[H-].[Mg+2].[Ni]. The summed E-state index contributed by atoms with van der Waals surface area (Å²) < 4.78 is 61.8. The monoisotopic (exact) mass is 927 g/mol. The van der Waals surface area contributed by atoms with Gasteiger partial charge in [0.05, 0.1) is 0 Å². The van der Waals surface area contributed by atoms with Gasteiger partial charge in [-0.3, -0.25) is 13.4 Å². The zero-order valence-corrected chi connectivity index (χ0v) is 28.6. The Hall–Kier alpha value is 3.35. The van der Waals surface area contributed by atoms with Crippen molar-refractivity contribution in [2.24, 2.45) is 0 Å². The van der Waals surface area contributed by atoms with Gasteiger partial charge in [0.1, 0.15) is 0 Å². The summed E-state index contributed by atoms with van der Waals surface area (Å²) in [6.45, 7) is 0. The van der Waals surface area contributed by atoms with Gasteiger partial charge in [-0.15, -0.1) is 0 Å². The molecule has 257 valence electrons. The van der Waals surface area contributed by atoms with E-state index in [0.717, 1.165) is 0 Å². The molecule has 0 aromatic rings. The van der Waals surface area contributed by atoms with Gasteiger partial charge in [-0.05, 0) is 0 Å². The van der Waals surface area contributed by atoms with Crippen molar-refractivity contribution in [3.8, 4) is 0 Å². The van der Waals surface area contributed by atoms with Crippen LogP contribution in [-0.4, -0.2) is 190 Å². The van der Waals surface area contributed by atoms with Crippen molar-refractivity contribution < 1.29 is 155 Å². The summed E-state index contributed by atoms with van der Waals surface area (Å²) in [5.74, 6) is 0. The number of rotatable bonds is 0. The zero-order chi connectivity index (χ0) is 28.7. The van der Waals surface area contributed by atoms with Crippen LogP contribution in [0.15, 0.2) is 0 Å². The van der Waals surface area contributed by atoms with Gasteiger partial charge in [-0.25, -0.2) is 18.3 Å². The van der Waals surface area contributed by atoms with Gasteiger partial charge in [-0.1, -0.05) is 0 Å². The summed E-state index contributed by atoms with van der Waals surface area (Å²) in [6.07, 6.45) is 0. The largest absolute Gasteiger partial charge is 2.00 e. The summed E-state index contributed by atoms with van der Waals surface area (Å²) in [4.78, 5) is 129. The van der Waals surface area contributed by atoms with Gasteiger partial charge < -0.3 is 90.3 Å². The van der Waals surface area contributed by atoms with E-state index in [2.05, 4.69) is 0 Å². The molecule has 0 saturated heterocycles. The molecule has 40 heteroatoms. The molecule has 1 radical (unpaired) electrons. The fourth-order valence-electron chi connectivity index (χ4n) is 0. The molecule has 0 aliphatic carbocycles. The molecule has 0 bridgehead atoms. The minimum absolute atomic E-state index is 0. The minimum atomic E-state index is -4.64. The summed E-state index contributed by atoms with van der Waals surface area (Å²) >= 11 is 0. The van der Waals surface area contributed by atoms with Crippen LogP contribution in [0.2, 0.25) is 0 Å². The first-order valence-corrected chi connectivity index (χ1v) is 15.3. The smallest absolute Gasteiger partial charge is 1.00 e. The fraction of sp³-hybridized carbons (Fsp3) is 0. The van der Waals surface area contributed by atoms with Gasteiger partial charge in [0.15, 0.2) is 52.1 Å². The van der Waals surface area contributed by atoms with E-state index in [1.54, 1.807) is 0 Å². The average Bonchev–Trinajstić information content (AvgIpc) is 2.12. The molecule has 0 rings (SSSR count). The van der Waals surface area contributed by atoms with E-state index in [1.165, 1.54) is 0 Å². The normalized spacial score (nSPS) is 7.70. The molecule has 0 unspecified atom stereocenters. The maximum absolute atomic E-state index is 8.88. The molecule has 0 heterocycles. The molecule has 40 heavy (non-hydrogen) atoms. The third kappa shape index (κ3) is 5990. The van der Waals surface area contributed by atoms with Gasteiger partial charge in [-0.2, -0.15) is 27.0 Å². The first-order chi connectivity index (χ1) is 13.2. The maximum Gasteiger partial charge on any atom is 2.00 e. The van der Waals surface area contributed by atoms with Crippen molar-refractivity contribution in [3.05, 3.63) is 0 Å². The Balaban J connectivity index is -0.0000000112. The average molecular weight is 928 g/mol. The summed E-state index contributed by atoms with van der Waals surface area (Å²) in [6, 6.07) is 0. The van der Waals surface area contributed by atoms with E-state index < -0.39 is 58.8 Å². The van der Waals surface area contributed by atoms with Gasteiger partial charge in [0.2, 0.25) is 0 Å². The van der Waals surface area contributed by atoms with Crippen LogP contribution >= 0.6 is 58.3 Å². The van der Waals surface area contributed by atoms with Crippen LogP contribution in [0.1, 0.15) is 2.85 Å². The Kier molecular flexibility index (Phi) is 133. The van der Waals surface area contributed by atoms with Crippen LogP contribution in [0.4, 0.5) is 0 Å². The van der Waals surface area contributed by atoms with Crippen molar-refractivity contribution in [2.75, 3.05) is 0 Å². The molecule has 0 aliphatic heterocycles. The summed E-state index contributed by atoms with van der Waals surface area (Å²) in [7, 11) is -27.9. The van der Waals surface area contributed by atoms with Crippen LogP contribution in [0.5, 0.6) is 0 Å². The molecule has 25 nitrogen and oxygen atoms in total. The van der Waals surface area contributed by atoms with E-state index in [4.69, 9.17) is 119 Å². The van der Waals surface area contributed by atoms with E-state index >= 15 is 0 Å². The van der Waals surface area contributed by atoms with Gasteiger partial charge in [0.25, 0.3) is 0 Å². The quantitative estimate of drug-likeness (QED) is 0.0792. The Morgan fingerprint density at radius 1 is 0.400 bits per heavy atom. The summed E-state index contributed by atoms with van der Waals surface area (Å²) in [5, 5.41) is 0. The Morgan fingerprint density at radius 3 is 0.400 bits per heavy atom. The topological polar surface area (TPSA) is 484 Å². The number of phosphoric acid groups is 4. The molecule has 0 aliphatic rings. The first kappa shape index (κ1) is 96.7. The molecule has 18 N–H and O–H groups in total. The Morgan fingerprint density at radius 2 is 0.400 bits per heavy atom. The Labute approximate surface area is 313 Å². The zero-order valence-electron chi connectivity index (χ0n) is 18.6. The van der Waals surface area contributed by atoms with E-state index in [0.29, 0.717) is 0 Å². The third-order valence-electron chi connectivity index (χ3n) is 0. The second-order valence-corrected chi connectivity index (χ2v) is 8.70. The van der Waals surface area contributed by atoms with E-state index in [9.17, 15) is 0 Å². The molecular formula is H33Al3CoMgNiO25P4S2Si3. The standard InChI is InChI=1S/3Al.Co.Mg.Ni.4H3O4P.3H2O3Si.2H2S.11H/c;;;;;;4*1-5(2,3)4;3*1-4(2)3;;;;;;;;;;;;;/h;;;;;;4*(H3,1,2,3,4);3*1-2H;2*1H2;;;;;;;;;;;/q;;;;+2;;;;;;;;;;;;;;;;;;;;2*-1. The predicted octanol–water partition coefficient (Wildman–Crippen LogP) is -12.0. The third-order valence-corrected chi connectivity index (χ3v) is 0. The second kappa shape index (κ2) is 54.8. The molecule has 0 aromatic carbocycles. The number of hydrogen-bond donors (Lipinski definition) is 18. The minimum Gasteiger partial charge on any atom is -1.00 e. The van der Waals surface area contributed by atoms with Crippen molar-refractivity contribution in [2.45, 2.75) is 0 Å². The van der Waals surface area contributed by atoms with Crippen LogP contribution in [-0.2, 0) is 64.9 Å². The summed E-state index contributed by atoms with van der Waals surface area (Å²) in [5.41, 5.74) is 0. The fourth-order valence-corrected chi connectivity index (χ4v) is 0. The second-order valence-electron chi connectivity index (χ2n) is 2.90. The van der Waals surface area contributed by atoms with Crippen molar-refractivity contribution in [3.63, 3.8) is 0 Å². The maximum atomic E-state index is 8.88. The molecule has 0 spiro atoms. The van der Waals surface area contributed by atoms with Crippen LogP contribution in [0, 0.1) is 0 Å². The van der Waals surface area contributed by atoms with Crippen LogP contribution in [0.25, 0.3) is 0 Å². The van der Waals surface area contributed by atoms with Crippen LogP contribution < -0.4 is 0 Å². The molecule has 0 fully saturated rings. The number of hydrogen-bond acceptors (Lipinski definition) is 7. The van der Waals surface area contributed by atoms with Crippen molar-refractivity contribution in [1.29, 1.82) is 0 Å². The predicted molar refractivity (Wildman–Crippen MR) is 148 cm³/mol. The Bertz CT molecular complexity index is 555. The van der Waals surface area contributed by atoms with Gasteiger partial charge >= 0.3 is 81.9 Å². The molecule has 0 atom stereocenters. The van der Waals surface area contributed by atoms with E-state index in [-0.39, 0.29) is 138 Å². The van der Waals surface area contributed by atoms with E-state index in [1.807, 2.05) is 0 Å². The molecule has 0 aromatic heterocycles. The molecule has 0 amide bonds. The molecular weight excluding hydrogens is 895 g/mol. The molecule has 0 saturated carbocycles. The van der Waals surface area contributed by atoms with Crippen molar-refractivity contribution >= 4 is 161 Å². The first-order valence-electron chi connectivity index (χ1n) is 5.08. The van der Waals surface area contributed by atoms with Crippen molar-refractivity contribution in [1.82, 2.24) is 0 Å². The van der Waals surface area contributed by atoms with Crippen LogP contribution in [0.3, 0.4) is 0 Å². The van der Waals surface area contributed by atoms with Gasteiger partial charge in [0, 0.05) is 33.3 Å².